The number of piperidine rings is 1. The molecule has 92 valence electrons. The summed E-state index contributed by atoms with van der Waals surface area (Å²) in [6, 6.07) is 0. The Hall–Kier alpha value is -1.10. The molecule has 2 N–H and O–H groups in total. The first-order chi connectivity index (χ1) is 7.58. The number of hydrogen-bond donors (Lipinski definition) is 2. The number of carbonyl (C=O) groups excluding carboxylic acids is 2. The zero-order valence-corrected chi connectivity index (χ0v) is 9.97. The molecule has 1 saturated heterocycles. The van der Waals surface area contributed by atoms with Crippen molar-refractivity contribution >= 4 is 11.9 Å². The lowest BCUT2D eigenvalue weighted by molar-refractivity contribution is -0.144. The van der Waals surface area contributed by atoms with E-state index in [4.69, 9.17) is 4.74 Å². The van der Waals surface area contributed by atoms with Crippen LogP contribution in [0.3, 0.4) is 0 Å². The zero-order valence-electron chi connectivity index (χ0n) is 9.97. The minimum absolute atomic E-state index is 0.0516. The summed E-state index contributed by atoms with van der Waals surface area (Å²) in [6.07, 6.45) is 2.94. The van der Waals surface area contributed by atoms with Gasteiger partial charge in [-0.2, -0.15) is 0 Å². The molecule has 1 heterocycles. The quantitative estimate of drug-likeness (QED) is 0.674. The molecule has 0 aromatic heterocycles. The average Bonchev–Trinajstić information content (AvgIpc) is 2.27. The molecule has 0 radical (unpaired) electrons. The first-order valence-corrected chi connectivity index (χ1v) is 5.77. The van der Waals surface area contributed by atoms with Crippen LogP contribution in [0.2, 0.25) is 0 Å². The van der Waals surface area contributed by atoms with Gasteiger partial charge in [0.2, 0.25) is 5.91 Å². The molecule has 0 saturated carbocycles. The van der Waals surface area contributed by atoms with Gasteiger partial charge in [-0.1, -0.05) is 0 Å². The minimum atomic E-state index is -0.537. The highest BCUT2D eigenvalue weighted by Gasteiger charge is 2.34. The smallest absolute Gasteiger partial charge is 0.325 e. The standard InChI is InChI=1S/C11H20N2O3/c1-3-16-9(14)8-12-10(15)11(2)6-4-5-7-13-11/h13H,3-8H2,1-2H3,(H,12,15). The highest BCUT2D eigenvalue weighted by molar-refractivity contribution is 5.88. The molecule has 0 bridgehead atoms. The SMILES string of the molecule is CCOC(=O)CNC(=O)C1(C)CCCCN1. The first kappa shape index (κ1) is 13.0. The van der Waals surface area contributed by atoms with Crippen LogP contribution in [0.4, 0.5) is 0 Å². The molecular weight excluding hydrogens is 208 g/mol. The molecule has 1 fully saturated rings. The topological polar surface area (TPSA) is 67.4 Å². The lowest BCUT2D eigenvalue weighted by atomic mass is 9.90. The molecule has 0 aromatic carbocycles. The molecule has 5 heteroatoms. The van der Waals surface area contributed by atoms with Gasteiger partial charge in [-0.15, -0.1) is 0 Å². The Morgan fingerprint density at radius 3 is 2.75 bits per heavy atom. The van der Waals surface area contributed by atoms with Crippen molar-refractivity contribution in [2.75, 3.05) is 19.7 Å². The number of nitrogens with one attached hydrogen (secondary N) is 2. The van der Waals surface area contributed by atoms with Gasteiger partial charge in [-0.3, -0.25) is 9.59 Å². The minimum Gasteiger partial charge on any atom is -0.465 e. The van der Waals surface area contributed by atoms with E-state index < -0.39 is 11.5 Å². The van der Waals surface area contributed by atoms with Crippen LogP contribution in [0.15, 0.2) is 0 Å². The van der Waals surface area contributed by atoms with Crippen LogP contribution in [0, 0.1) is 0 Å². The van der Waals surface area contributed by atoms with Crippen molar-refractivity contribution in [2.24, 2.45) is 0 Å². The van der Waals surface area contributed by atoms with Gasteiger partial charge in [-0.05, 0) is 39.7 Å². The van der Waals surface area contributed by atoms with Crippen molar-refractivity contribution in [1.82, 2.24) is 10.6 Å². The van der Waals surface area contributed by atoms with Crippen LogP contribution >= 0.6 is 0 Å². The molecule has 0 aromatic rings. The number of amides is 1. The molecule has 1 atom stereocenters. The summed E-state index contributed by atoms with van der Waals surface area (Å²) in [5, 5.41) is 5.79. The summed E-state index contributed by atoms with van der Waals surface area (Å²) in [5.41, 5.74) is -0.537. The van der Waals surface area contributed by atoms with Gasteiger partial charge in [0.15, 0.2) is 0 Å². The average molecular weight is 228 g/mol. The van der Waals surface area contributed by atoms with Crippen molar-refractivity contribution in [3.8, 4) is 0 Å². The fraction of sp³-hybridized carbons (Fsp3) is 0.818. The number of esters is 1. The van der Waals surface area contributed by atoms with E-state index in [2.05, 4.69) is 10.6 Å². The Kier molecular flexibility index (Phi) is 4.73. The second-order valence-corrected chi connectivity index (χ2v) is 4.20. The fourth-order valence-corrected chi connectivity index (χ4v) is 1.81. The highest BCUT2D eigenvalue weighted by Crippen LogP contribution is 2.18. The van der Waals surface area contributed by atoms with E-state index in [0.717, 1.165) is 25.8 Å². The molecular formula is C11H20N2O3. The molecule has 1 amide bonds. The van der Waals surface area contributed by atoms with E-state index >= 15 is 0 Å². The predicted molar refractivity (Wildman–Crippen MR) is 59.9 cm³/mol. The number of hydrogen-bond acceptors (Lipinski definition) is 4. The lowest BCUT2D eigenvalue weighted by Gasteiger charge is -2.33. The Morgan fingerprint density at radius 2 is 2.19 bits per heavy atom. The number of carbonyl (C=O) groups is 2. The maximum absolute atomic E-state index is 11.8. The molecule has 1 aliphatic heterocycles. The summed E-state index contributed by atoms with van der Waals surface area (Å²) >= 11 is 0. The molecule has 0 spiro atoms. The Balaban J connectivity index is 2.36. The summed E-state index contributed by atoms with van der Waals surface area (Å²) in [4.78, 5) is 22.9. The third kappa shape index (κ3) is 3.48. The van der Waals surface area contributed by atoms with Crippen LogP contribution in [0.5, 0.6) is 0 Å². The van der Waals surface area contributed by atoms with Crippen molar-refractivity contribution < 1.29 is 14.3 Å². The molecule has 1 rings (SSSR count). The van der Waals surface area contributed by atoms with Crippen molar-refractivity contribution in [1.29, 1.82) is 0 Å². The monoisotopic (exact) mass is 228 g/mol. The molecule has 0 aliphatic carbocycles. The zero-order chi connectivity index (χ0) is 12.0. The van der Waals surface area contributed by atoms with E-state index in [1.807, 2.05) is 6.92 Å². The van der Waals surface area contributed by atoms with Crippen LogP contribution in [-0.4, -0.2) is 37.1 Å². The Morgan fingerprint density at radius 1 is 1.44 bits per heavy atom. The first-order valence-electron chi connectivity index (χ1n) is 5.77. The third-order valence-electron chi connectivity index (χ3n) is 2.82. The van der Waals surface area contributed by atoms with Gasteiger partial charge in [0.25, 0.3) is 0 Å². The van der Waals surface area contributed by atoms with Crippen molar-refractivity contribution in [3.05, 3.63) is 0 Å². The van der Waals surface area contributed by atoms with Crippen LogP contribution in [0.1, 0.15) is 33.1 Å². The number of ether oxygens (including phenoxy) is 1. The maximum Gasteiger partial charge on any atom is 0.325 e. The normalized spacial score (nSPS) is 24.9. The molecule has 16 heavy (non-hydrogen) atoms. The summed E-state index contributed by atoms with van der Waals surface area (Å²) in [7, 11) is 0. The number of rotatable bonds is 4. The molecule has 5 nitrogen and oxygen atoms in total. The summed E-state index contributed by atoms with van der Waals surface area (Å²) in [5.74, 6) is -0.518. The van der Waals surface area contributed by atoms with E-state index in [1.54, 1.807) is 6.92 Å². The van der Waals surface area contributed by atoms with Gasteiger partial charge in [0.05, 0.1) is 12.1 Å². The van der Waals surface area contributed by atoms with E-state index in [-0.39, 0.29) is 12.5 Å². The summed E-state index contributed by atoms with van der Waals surface area (Å²) < 4.78 is 4.74. The highest BCUT2D eigenvalue weighted by atomic mass is 16.5. The van der Waals surface area contributed by atoms with E-state index in [0.29, 0.717) is 6.61 Å². The fourth-order valence-electron chi connectivity index (χ4n) is 1.81. The maximum atomic E-state index is 11.8. The third-order valence-corrected chi connectivity index (χ3v) is 2.82. The van der Waals surface area contributed by atoms with E-state index in [9.17, 15) is 9.59 Å². The van der Waals surface area contributed by atoms with Crippen LogP contribution in [0.25, 0.3) is 0 Å². The molecule has 1 aliphatic rings. The lowest BCUT2D eigenvalue weighted by Crippen LogP contribution is -2.57. The second kappa shape index (κ2) is 5.84. The van der Waals surface area contributed by atoms with Gasteiger partial charge in [-0.25, -0.2) is 0 Å². The van der Waals surface area contributed by atoms with Crippen molar-refractivity contribution in [2.45, 2.75) is 38.6 Å². The predicted octanol–water partition coefficient (Wildman–Crippen LogP) is 0.198. The molecule has 1 unspecified atom stereocenters. The van der Waals surface area contributed by atoms with Gasteiger partial charge < -0.3 is 15.4 Å². The van der Waals surface area contributed by atoms with Gasteiger partial charge in [0, 0.05) is 0 Å². The largest absolute Gasteiger partial charge is 0.465 e. The van der Waals surface area contributed by atoms with Gasteiger partial charge in [0.1, 0.15) is 6.54 Å². The van der Waals surface area contributed by atoms with Crippen molar-refractivity contribution in [3.63, 3.8) is 0 Å². The Bertz CT molecular complexity index is 260. The van der Waals surface area contributed by atoms with Crippen LogP contribution in [-0.2, 0) is 14.3 Å². The van der Waals surface area contributed by atoms with E-state index in [1.165, 1.54) is 0 Å². The second-order valence-electron chi connectivity index (χ2n) is 4.20. The van der Waals surface area contributed by atoms with Gasteiger partial charge >= 0.3 is 5.97 Å². The van der Waals surface area contributed by atoms with Crippen LogP contribution < -0.4 is 10.6 Å². The summed E-state index contributed by atoms with van der Waals surface area (Å²) in [6.45, 7) is 4.74. The Labute approximate surface area is 95.9 Å².